The molecule has 4 N–H and O–H groups in total. The predicted molar refractivity (Wildman–Crippen MR) is 57.3 cm³/mol. The molecule has 3 nitrogen and oxygen atoms in total. The smallest absolute Gasteiger partial charge is 0.145 e. The summed E-state index contributed by atoms with van der Waals surface area (Å²) in [5.41, 5.74) is 15.0. The van der Waals surface area contributed by atoms with Crippen LogP contribution in [0.5, 0.6) is 5.75 Å². The van der Waals surface area contributed by atoms with E-state index in [1.807, 2.05) is 12.1 Å². The molecule has 3 heteroatoms. The van der Waals surface area contributed by atoms with Crippen LogP contribution in [-0.4, -0.2) is 7.11 Å². The van der Waals surface area contributed by atoms with E-state index in [-0.39, 0.29) is 6.04 Å². The number of ether oxygens (including phenoxy) is 1. The number of nitrogens with two attached hydrogens (primary N) is 2. The molecule has 1 atom stereocenters. The summed E-state index contributed by atoms with van der Waals surface area (Å²) in [6.07, 6.45) is 3.20. The van der Waals surface area contributed by atoms with Gasteiger partial charge in [-0.3, -0.25) is 0 Å². The Hall–Kier alpha value is -1.22. The number of fused-ring (bicyclic) bond motifs is 1. The van der Waals surface area contributed by atoms with Crippen LogP contribution < -0.4 is 16.2 Å². The molecule has 1 aliphatic rings. The lowest BCUT2D eigenvalue weighted by atomic mass is 9.87. The molecule has 1 aromatic carbocycles. The number of rotatable bonds is 1. The van der Waals surface area contributed by atoms with Gasteiger partial charge in [-0.15, -0.1) is 0 Å². The predicted octanol–water partition coefficient (Wildman–Crippen LogP) is 1.61. The minimum Gasteiger partial charge on any atom is -0.494 e. The molecule has 0 saturated carbocycles. The second kappa shape index (κ2) is 3.50. The second-order valence-corrected chi connectivity index (χ2v) is 3.75. The lowest BCUT2D eigenvalue weighted by molar-refractivity contribution is 0.405. The highest BCUT2D eigenvalue weighted by Crippen LogP contribution is 2.37. The van der Waals surface area contributed by atoms with Crippen LogP contribution in [0, 0.1) is 0 Å². The summed E-state index contributed by atoms with van der Waals surface area (Å²) in [7, 11) is 1.66. The lowest BCUT2D eigenvalue weighted by Gasteiger charge is -2.24. The Morgan fingerprint density at radius 1 is 1.43 bits per heavy atom. The van der Waals surface area contributed by atoms with Gasteiger partial charge in [0.25, 0.3) is 0 Å². The van der Waals surface area contributed by atoms with E-state index in [2.05, 4.69) is 0 Å². The fourth-order valence-electron chi connectivity index (χ4n) is 2.16. The van der Waals surface area contributed by atoms with Crippen LogP contribution >= 0.6 is 0 Å². The van der Waals surface area contributed by atoms with Gasteiger partial charge in [0.05, 0.1) is 12.8 Å². The third kappa shape index (κ3) is 1.34. The first-order chi connectivity index (χ1) is 6.74. The van der Waals surface area contributed by atoms with E-state index in [0.717, 1.165) is 25.0 Å². The van der Waals surface area contributed by atoms with Crippen LogP contribution in [0.25, 0.3) is 0 Å². The number of anilines is 1. The van der Waals surface area contributed by atoms with E-state index in [1.54, 1.807) is 7.11 Å². The Morgan fingerprint density at radius 2 is 2.21 bits per heavy atom. The molecule has 0 amide bonds. The van der Waals surface area contributed by atoms with Crippen LogP contribution in [0.4, 0.5) is 5.69 Å². The van der Waals surface area contributed by atoms with Gasteiger partial charge in [-0.25, -0.2) is 0 Å². The zero-order valence-electron chi connectivity index (χ0n) is 8.42. The maximum absolute atomic E-state index is 6.02. The molecule has 0 radical (unpaired) electrons. The van der Waals surface area contributed by atoms with Gasteiger partial charge in [0.15, 0.2) is 0 Å². The zero-order chi connectivity index (χ0) is 10.1. The van der Waals surface area contributed by atoms with Gasteiger partial charge in [0.2, 0.25) is 0 Å². The van der Waals surface area contributed by atoms with Crippen molar-refractivity contribution < 1.29 is 4.74 Å². The van der Waals surface area contributed by atoms with Crippen LogP contribution in [0.3, 0.4) is 0 Å². The molecule has 76 valence electrons. The summed E-state index contributed by atoms with van der Waals surface area (Å²) in [6.45, 7) is 0. The van der Waals surface area contributed by atoms with Gasteiger partial charge < -0.3 is 16.2 Å². The van der Waals surface area contributed by atoms with Gasteiger partial charge in [0, 0.05) is 11.6 Å². The van der Waals surface area contributed by atoms with Gasteiger partial charge in [0.1, 0.15) is 5.75 Å². The summed E-state index contributed by atoms with van der Waals surface area (Å²) in [4.78, 5) is 0. The number of hydrogen-bond donors (Lipinski definition) is 2. The molecule has 0 heterocycles. The fraction of sp³-hybridized carbons (Fsp3) is 0.455. The highest BCUT2D eigenvalue weighted by molar-refractivity contribution is 5.60. The van der Waals surface area contributed by atoms with Crippen molar-refractivity contribution >= 4 is 5.69 Å². The largest absolute Gasteiger partial charge is 0.494 e. The number of hydrogen-bond acceptors (Lipinski definition) is 3. The minimum atomic E-state index is 0.147. The van der Waals surface area contributed by atoms with E-state index < -0.39 is 0 Å². The Morgan fingerprint density at radius 3 is 2.93 bits per heavy atom. The highest BCUT2D eigenvalue weighted by atomic mass is 16.5. The monoisotopic (exact) mass is 192 g/mol. The SMILES string of the molecule is COc1c(N)ccc2c1CCC[C@H]2N. The first kappa shape index (κ1) is 9.34. The standard InChI is InChI=1S/C11H16N2O/c1-14-11-8-3-2-4-9(12)7(8)5-6-10(11)13/h5-6,9H,2-4,12-13H2,1H3/t9-/m1/s1. The summed E-state index contributed by atoms with van der Waals surface area (Å²) in [5.74, 6) is 0.817. The minimum absolute atomic E-state index is 0.147. The summed E-state index contributed by atoms with van der Waals surface area (Å²) in [6, 6.07) is 4.05. The average Bonchev–Trinajstić information content (AvgIpc) is 2.18. The molecule has 0 aliphatic heterocycles. The second-order valence-electron chi connectivity index (χ2n) is 3.75. The molecule has 1 aromatic rings. The van der Waals surface area contributed by atoms with E-state index in [4.69, 9.17) is 16.2 Å². The van der Waals surface area contributed by atoms with Crippen molar-refractivity contribution in [3.05, 3.63) is 23.3 Å². The van der Waals surface area contributed by atoms with E-state index in [9.17, 15) is 0 Å². The van der Waals surface area contributed by atoms with E-state index >= 15 is 0 Å². The molecule has 0 fully saturated rings. The van der Waals surface area contributed by atoms with Gasteiger partial charge in [-0.1, -0.05) is 6.07 Å². The average molecular weight is 192 g/mol. The van der Waals surface area contributed by atoms with Crippen LogP contribution in [0.2, 0.25) is 0 Å². The van der Waals surface area contributed by atoms with Crippen molar-refractivity contribution in [2.24, 2.45) is 5.73 Å². The van der Waals surface area contributed by atoms with Gasteiger partial charge >= 0.3 is 0 Å². The van der Waals surface area contributed by atoms with Crippen molar-refractivity contribution in [2.75, 3.05) is 12.8 Å². The maximum atomic E-state index is 6.02. The van der Waals surface area contributed by atoms with Gasteiger partial charge in [-0.05, 0) is 30.9 Å². The number of nitrogen functional groups attached to an aromatic ring is 1. The van der Waals surface area contributed by atoms with Crippen LogP contribution in [0.15, 0.2) is 12.1 Å². The molecular weight excluding hydrogens is 176 g/mol. The highest BCUT2D eigenvalue weighted by Gasteiger charge is 2.21. The van der Waals surface area contributed by atoms with Crippen molar-refractivity contribution in [3.63, 3.8) is 0 Å². The Kier molecular flexibility index (Phi) is 2.33. The quantitative estimate of drug-likeness (QED) is 0.664. The van der Waals surface area contributed by atoms with E-state index in [0.29, 0.717) is 5.69 Å². The van der Waals surface area contributed by atoms with Crippen molar-refractivity contribution in [2.45, 2.75) is 25.3 Å². The molecule has 0 unspecified atom stereocenters. The van der Waals surface area contributed by atoms with Gasteiger partial charge in [-0.2, -0.15) is 0 Å². The van der Waals surface area contributed by atoms with E-state index in [1.165, 1.54) is 11.1 Å². The number of benzene rings is 1. The normalized spacial score (nSPS) is 20.3. The first-order valence-electron chi connectivity index (χ1n) is 4.95. The van der Waals surface area contributed by atoms with Crippen molar-refractivity contribution in [1.82, 2.24) is 0 Å². The topological polar surface area (TPSA) is 61.3 Å². The molecular formula is C11H16N2O. The Bertz CT molecular complexity index is 349. The zero-order valence-corrected chi connectivity index (χ0v) is 8.42. The molecule has 0 spiro atoms. The third-order valence-electron chi connectivity index (χ3n) is 2.87. The van der Waals surface area contributed by atoms with Crippen molar-refractivity contribution in [3.8, 4) is 5.75 Å². The molecule has 1 aliphatic carbocycles. The Balaban J connectivity index is 2.55. The molecule has 0 aromatic heterocycles. The summed E-state index contributed by atoms with van der Waals surface area (Å²) < 4.78 is 5.31. The lowest BCUT2D eigenvalue weighted by Crippen LogP contribution is -2.18. The summed E-state index contributed by atoms with van der Waals surface area (Å²) >= 11 is 0. The molecule has 14 heavy (non-hydrogen) atoms. The third-order valence-corrected chi connectivity index (χ3v) is 2.87. The fourth-order valence-corrected chi connectivity index (χ4v) is 2.16. The van der Waals surface area contributed by atoms with Crippen molar-refractivity contribution in [1.29, 1.82) is 0 Å². The molecule has 0 saturated heterocycles. The number of methoxy groups -OCH3 is 1. The molecule has 2 rings (SSSR count). The maximum Gasteiger partial charge on any atom is 0.145 e. The molecule has 0 bridgehead atoms. The Labute approximate surface area is 84.0 Å². The first-order valence-corrected chi connectivity index (χ1v) is 4.95. The van der Waals surface area contributed by atoms with Crippen LogP contribution in [0.1, 0.15) is 30.0 Å². The van der Waals surface area contributed by atoms with Crippen LogP contribution in [-0.2, 0) is 6.42 Å². The summed E-state index contributed by atoms with van der Waals surface area (Å²) in [5, 5.41) is 0.